The molecule has 1 aromatic rings. The monoisotopic (exact) mass is 280 g/mol. The van der Waals surface area contributed by atoms with Gasteiger partial charge >= 0.3 is 0 Å². The number of nitrogens with one attached hydrogen (secondary N) is 1. The summed E-state index contributed by atoms with van der Waals surface area (Å²) in [6.45, 7) is 7.49. The summed E-state index contributed by atoms with van der Waals surface area (Å²) in [5.41, 5.74) is 1.42. The van der Waals surface area contributed by atoms with Gasteiger partial charge in [0.05, 0.1) is 12.7 Å². The SMILES string of the molecule is Cc1ccsc1CNCCN1CCOC2CCCC21. The summed E-state index contributed by atoms with van der Waals surface area (Å²) < 4.78 is 5.85. The summed E-state index contributed by atoms with van der Waals surface area (Å²) in [4.78, 5) is 4.11. The molecular weight excluding hydrogens is 256 g/mol. The molecule has 1 saturated carbocycles. The molecule has 0 aromatic carbocycles. The van der Waals surface area contributed by atoms with Crippen molar-refractivity contribution >= 4 is 11.3 Å². The van der Waals surface area contributed by atoms with E-state index in [0.717, 1.165) is 32.8 Å². The first-order chi connectivity index (χ1) is 9.34. The average molecular weight is 280 g/mol. The zero-order valence-electron chi connectivity index (χ0n) is 11.7. The first kappa shape index (κ1) is 13.6. The molecule has 3 nitrogen and oxygen atoms in total. The fourth-order valence-electron chi connectivity index (χ4n) is 3.29. The van der Waals surface area contributed by atoms with Gasteiger partial charge in [0.1, 0.15) is 0 Å². The summed E-state index contributed by atoms with van der Waals surface area (Å²) >= 11 is 1.85. The Morgan fingerprint density at radius 1 is 1.47 bits per heavy atom. The van der Waals surface area contributed by atoms with E-state index in [9.17, 15) is 0 Å². The maximum Gasteiger partial charge on any atom is 0.0730 e. The molecule has 2 fully saturated rings. The van der Waals surface area contributed by atoms with Gasteiger partial charge in [0.15, 0.2) is 0 Å². The Hall–Kier alpha value is -0.420. The number of aryl methyl sites for hydroxylation is 1. The van der Waals surface area contributed by atoms with Crippen LogP contribution in [-0.4, -0.2) is 43.3 Å². The van der Waals surface area contributed by atoms with Crippen molar-refractivity contribution in [1.82, 2.24) is 10.2 Å². The third kappa shape index (κ3) is 3.19. The number of morpholine rings is 1. The number of rotatable bonds is 5. The molecular formula is C15H24N2OS. The van der Waals surface area contributed by atoms with E-state index >= 15 is 0 Å². The molecule has 1 aromatic heterocycles. The van der Waals surface area contributed by atoms with Crippen molar-refractivity contribution in [2.24, 2.45) is 0 Å². The van der Waals surface area contributed by atoms with Gasteiger partial charge in [-0.15, -0.1) is 11.3 Å². The van der Waals surface area contributed by atoms with E-state index < -0.39 is 0 Å². The maximum absolute atomic E-state index is 5.85. The van der Waals surface area contributed by atoms with Crippen molar-refractivity contribution in [2.75, 3.05) is 26.2 Å². The van der Waals surface area contributed by atoms with E-state index in [1.807, 2.05) is 11.3 Å². The van der Waals surface area contributed by atoms with Gasteiger partial charge in [0, 0.05) is 37.1 Å². The lowest BCUT2D eigenvalue weighted by Gasteiger charge is -2.37. The van der Waals surface area contributed by atoms with E-state index in [2.05, 4.69) is 28.6 Å². The number of nitrogens with zero attached hydrogens (tertiary/aromatic N) is 1. The van der Waals surface area contributed by atoms with Crippen molar-refractivity contribution in [3.8, 4) is 0 Å². The molecule has 3 rings (SSSR count). The van der Waals surface area contributed by atoms with Crippen LogP contribution in [-0.2, 0) is 11.3 Å². The first-order valence-corrected chi connectivity index (χ1v) is 8.32. The molecule has 1 aliphatic heterocycles. The van der Waals surface area contributed by atoms with Crippen LogP contribution in [0, 0.1) is 6.92 Å². The second-order valence-corrected chi connectivity index (χ2v) is 6.65. The van der Waals surface area contributed by atoms with Gasteiger partial charge in [-0.1, -0.05) is 0 Å². The molecule has 1 N–H and O–H groups in total. The highest BCUT2D eigenvalue weighted by molar-refractivity contribution is 7.10. The Morgan fingerprint density at radius 2 is 2.42 bits per heavy atom. The van der Waals surface area contributed by atoms with E-state index in [-0.39, 0.29) is 0 Å². The number of hydrogen-bond donors (Lipinski definition) is 1. The van der Waals surface area contributed by atoms with Gasteiger partial charge in [-0.2, -0.15) is 0 Å². The lowest BCUT2D eigenvalue weighted by molar-refractivity contribution is -0.0548. The standard InChI is InChI=1S/C15H24N2OS/c1-12-5-10-19-15(12)11-16-6-7-17-8-9-18-14-4-2-3-13(14)17/h5,10,13-14,16H,2-4,6-9,11H2,1H3. The van der Waals surface area contributed by atoms with Crippen LogP contribution in [0.4, 0.5) is 0 Å². The normalized spacial score (nSPS) is 27.6. The molecule has 0 bridgehead atoms. The molecule has 2 atom stereocenters. The van der Waals surface area contributed by atoms with Crippen LogP contribution in [0.25, 0.3) is 0 Å². The average Bonchev–Trinajstić information content (AvgIpc) is 3.04. The quantitative estimate of drug-likeness (QED) is 0.838. The molecule has 1 aliphatic carbocycles. The zero-order valence-corrected chi connectivity index (χ0v) is 12.5. The number of fused-ring (bicyclic) bond motifs is 1. The number of thiophene rings is 1. The maximum atomic E-state index is 5.85. The Kier molecular flexibility index (Phi) is 4.53. The summed E-state index contributed by atoms with van der Waals surface area (Å²) in [6.07, 6.45) is 4.46. The highest BCUT2D eigenvalue weighted by Crippen LogP contribution is 2.29. The van der Waals surface area contributed by atoms with Crippen molar-refractivity contribution in [2.45, 2.75) is 44.9 Å². The van der Waals surface area contributed by atoms with E-state index in [1.165, 1.54) is 29.7 Å². The second-order valence-electron chi connectivity index (χ2n) is 5.65. The minimum absolute atomic E-state index is 0.522. The van der Waals surface area contributed by atoms with Crippen LogP contribution in [0.5, 0.6) is 0 Å². The molecule has 2 heterocycles. The van der Waals surface area contributed by atoms with Crippen LogP contribution in [0.15, 0.2) is 11.4 Å². The Balaban J connectivity index is 1.41. The highest BCUT2D eigenvalue weighted by atomic mass is 32.1. The molecule has 106 valence electrons. The molecule has 0 amide bonds. The van der Waals surface area contributed by atoms with E-state index in [4.69, 9.17) is 4.74 Å². The molecule has 2 aliphatic rings. The lowest BCUT2D eigenvalue weighted by atomic mass is 10.1. The molecule has 1 saturated heterocycles. The largest absolute Gasteiger partial charge is 0.375 e. The van der Waals surface area contributed by atoms with Crippen LogP contribution in [0.3, 0.4) is 0 Å². The summed E-state index contributed by atoms with van der Waals surface area (Å²) in [5, 5.41) is 5.76. The van der Waals surface area contributed by atoms with Gasteiger partial charge in [0.2, 0.25) is 0 Å². The Bertz CT molecular complexity index is 407. The summed E-state index contributed by atoms with van der Waals surface area (Å²) in [6, 6.07) is 2.89. The third-order valence-electron chi connectivity index (χ3n) is 4.43. The van der Waals surface area contributed by atoms with Crippen molar-refractivity contribution in [3.05, 3.63) is 21.9 Å². The van der Waals surface area contributed by atoms with Crippen LogP contribution >= 0.6 is 11.3 Å². The van der Waals surface area contributed by atoms with Crippen LogP contribution < -0.4 is 5.32 Å². The van der Waals surface area contributed by atoms with Gasteiger partial charge in [-0.05, 0) is 43.2 Å². The molecule has 0 radical (unpaired) electrons. The van der Waals surface area contributed by atoms with Crippen LogP contribution in [0.2, 0.25) is 0 Å². The highest BCUT2D eigenvalue weighted by Gasteiger charge is 2.35. The van der Waals surface area contributed by atoms with E-state index in [1.54, 1.807) is 0 Å². The summed E-state index contributed by atoms with van der Waals surface area (Å²) in [5.74, 6) is 0. The lowest BCUT2D eigenvalue weighted by Crippen LogP contribution is -2.50. The third-order valence-corrected chi connectivity index (χ3v) is 5.45. The fraction of sp³-hybridized carbons (Fsp3) is 0.733. The minimum Gasteiger partial charge on any atom is -0.375 e. The smallest absolute Gasteiger partial charge is 0.0730 e. The number of hydrogen-bond acceptors (Lipinski definition) is 4. The van der Waals surface area contributed by atoms with Crippen molar-refractivity contribution in [3.63, 3.8) is 0 Å². The first-order valence-electron chi connectivity index (χ1n) is 7.44. The molecule has 4 heteroatoms. The predicted molar refractivity (Wildman–Crippen MR) is 79.7 cm³/mol. The molecule has 2 unspecified atom stereocenters. The van der Waals surface area contributed by atoms with Gasteiger partial charge in [0.25, 0.3) is 0 Å². The van der Waals surface area contributed by atoms with Gasteiger partial charge in [-0.25, -0.2) is 0 Å². The Morgan fingerprint density at radius 3 is 3.26 bits per heavy atom. The van der Waals surface area contributed by atoms with Gasteiger partial charge < -0.3 is 10.1 Å². The van der Waals surface area contributed by atoms with Crippen molar-refractivity contribution in [1.29, 1.82) is 0 Å². The number of ether oxygens (including phenoxy) is 1. The van der Waals surface area contributed by atoms with E-state index in [0.29, 0.717) is 12.1 Å². The van der Waals surface area contributed by atoms with Crippen LogP contribution in [0.1, 0.15) is 29.7 Å². The van der Waals surface area contributed by atoms with Crippen molar-refractivity contribution < 1.29 is 4.74 Å². The minimum atomic E-state index is 0.522. The zero-order chi connectivity index (χ0) is 13.1. The molecule has 0 spiro atoms. The second kappa shape index (κ2) is 6.35. The Labute approximate surface area is 119 Å². The molecule has 19 heavy (non-hydrogen) atoms. The summed E-state index contributed by atoms with van der Waals surface area (Å²) in [7, 11) is 0. The predicted octanol–water partition coefficient (Wildman–Crippen LogP) is 2.40. The van der Waals surface area contributed by atoms with Gasteiger partial charge in [-0.3, -0.25) is 4.90 Å². The fourth-order valence-corrected chi connectivity index (χ4v) is 4.17. The topological polar surface area (TPSA) is 24.5 Å².